The predicted molar refractivity (Wildman–Crippen MR) is 106 cm³/mol. The minimum Gasteiger partial charge on any atom is -0.545 e. The number of carbonyl (C=O) groups excluding carboxylic acids is 4. The molecule has 1 N–H and O–H groups in total. The largest absolute Gasteiger partial charge is 0.545 e. The lowest BCUT2D eigenvalue weighted by atomic mass is 10.1. The van der Waals surface area contributed by atoms with Gasteiger partial charge in [-0.2, -0.15) is 0 Å². The molecule has 0 atom stereocenters. The SMILES string of the molecule is O=C1NC(=O)N(c2ccccc2)C(=O)/C1=C/c1cccn1-c1ccc(C(=O)[O-])cc1. The fourth-order valence-corrected chi connectivity index (χ4v) is 3.12. The van der Waals surface area contributed by atoms with E-state index in [4.69, 9.17) is 0 Å². The second-order valence-corrected chi connectivity index (χ2v) is 6.43. The molecular formula is C22H14N3O5-. The molecule has 1 aliphatic rings. The van der Waals surface area contributed by atoms with Gasteiger partial charge >= 0.3 is 6.03 Å². The number of urea groups is 1. The van der Waals surface area contributed by atoms with Gasteiger partial charge in [0.1, 0.15) is 5.57 Å². The smallest absolute Gasteiger partial charge is 0.335 e. The van der Waals surface area contributed by atoms with Crippen LogP contribution in [0.25, 0.3) is 11.8 Å². The number of carbonyl (C=O) groups is 4. The lowest BCUT2D eigenvalue weighted by Crippen LogP contribution is -2.54. The first-order valence-electron chi connectivity index (χ1n) is 8.91. The first-order valence-corrected chi connectivity index (χ1v) is 8.91. The van der Waals surface area contributed by atoms with Gasteiger partial charge in [0, 0.05) is 17.6 Å². The quantitative estimate of drug-likeness (QED) is 0.527. The molecule has 0 aliphatic carbocycles. The molecular weight excluding hydrogens is 386 g/mol. The van der Waals surface area contributed by atoms with E-state index in [0.717, 1.165) is 4.90 Å². The second-order valence-electron chi connectivity index (χ2n) is 6.43. The number of hydrogen-bond donors (Lipinski definition) is 1. The Labute approximate surface area is 170 Å². The molecule has 8 nitrogen and oxygen atoms in total. The van der Waals surface area contributed by atoms with Crippen molar-refractivity contribution < 1.29 is 24.3 Å². The van der Waals surface area contributed by atoms with Crippen LogP contribution < -0.4 is 15.3 Å². The van der Waals surface area contributed by atoms with Gasteiger partial charge in [0.25, 0.3) is 11.8 Å². The molecule has 148 valence electrons. The van der Waals surface area contributed by atoms with Gasteiger partial charge in [-0.15, -0.1) is 0 Å². The molecule has 8 heteroatoms. The van der Waals surface area contributed by atoms with Gasteiger partial charge in [0.15, 0.2) is 0 Å². The maximum absolute atomic E-state index is 12.9. The van der Waals surface area contributed by atoms with Crippen molar-refractivity contribution in [3.05, 3.63) is 89.8 Å². The Hall–Kier alpha value is -4.46. The van der Waals surface area contributed by atoms with Gasteiger partial charge in [0.05, 0.1) is 11.7 Å². The van der Waals surface area contributed by atoms with E-state index in [-0.39, 0.29) is 11.1 Å². The number of anilines is 1. The molecule has 2 heterocycles. The molecule has 1 aliphatic heterocycles. The summed E-state index contributed by atoms with van der Waals surface area (Å²) < 4.78 is 1.68. The van der Waals surface area contributed by atoms with Crippen LogP contribution in [0.4, 0.5) is 10.5 Å². The predicted octanol–water partition coefficient (Wildman–Crippen LogP) is 1.51. The van der Waals surface area contributed by atoms with E-state index in [1.54, 1.807) is 65.4 Å². The van der Waals surface area contributed by atoms with Gasteiger partial charge in [-0.25, -0.2) is 9.69 Å². The standard InChI is InChI=1S/C22H15N3O5/c26-19-18(20(27)25(22(30)23-19)16-5-2-1-3-6-16)13-17-7-4-12-24(17)15-10-8-14(9-11-15)21(28)29/h1-13H,(H,28,29)(H,23,26,30)/p-1/b18-13+. The highest BCUT2D eigenvalue weighted by atomic mass is 16.4. The number of amides is 4. The normalized spacial score (nSPS) is 15.4. The van der Waals surface area contributed by atoms with Crippen LogP contribution in [-0.2, 0) is 9.59 Å². The maximum atomic E-state index is 12.9. The number of para-hydroxylation sites is 1. The van der Waals surface area contributed by atoms with E-state index in [9.17, 15) is 24.3 Å². The molecule has 30 heavy (non-hydrogen) atoms. The monoisotopic (exact) mass is 400 g/mol. The first-order chi connectivity index (χ1) is 14.5. The molecule has 0 radical (unpaired) electrons. The van der Waals surface area contributed by atoms with Crippen molar-refractivity contribution in [3.8, 4) is 5.69 Å². The molecule has 0 bridgehead atoms. The summed E-state index contributed by atoms with van der Waals surface area (Å²) in [5.41, 5.74) is 1.29. The third-order valence-corrected chi connectivity index (χ3v) is 4.57. The van der Waals surface area contributed by atoms with Crippen LogP contribution in [0.5, 0.6) is 0 Å². The summed E-state index contributed by atoms with van der Waals surface area (Å²) in [4.78, 5) is 49.3. The highest BCUT2D eigenvalue weighted by molar-refractivity contribution is 6.39. The molecule has 1 fully saturated rings. The minimum absolute atomic E-state index is 0.0321. The first kappa shape index (κ1) is 18.9. The molecule has 4 amide bonds. The Kier molecular flexibility index (Phi) is 4.73. The summed E-state index contributed by atoms with van der Waals surface area (Å²) in [6.45, 7) is 0. The van der Waals surface area contributed by atoms with Crippen LogP contribution in [0.15, 0.2) is 78.5 Å². The fourth-order valence-electron chi connectivity index (χ4n) is 3.12. The Morgan fingerprint density at radius 3 is 2.23 bits per heavy atom. The van der Waals surface area contributed by atoms with Crippen molar-refractivity contribution >= 4 is 35.6 Å². The van der Waals surface area contributed by atoms with Crippen LogP contribution in [0, 0.1) is 0 Å². The van der Waals surface area contributed by atoms with E-state index in [1.807, 2.05) is 0 Å². The Bertz CT molecular complexity index is 1190. The van der Waals surface area contributed by atoms with Crippen LogP contribution in [0.3, 0.4) is 0 Å². The molecule has 1 aromatic heterocycles. The molecule has 1 saturated heterocycles. The van der Waals surface area contributed by atoms with E-state index in [1.165, 1.54) is 18.2 Å². The zero-order valence-electron chi connectivity index (χ0n) is 15.4. The fraction of sp³-hybridized carbons (Fsp3) is 0. The molecule has 0 spiro atoms. The summed E-state index contributed by atoms with van der Waals surface area (Å²) in [5, 5.41) is 13.1. The third-order valence-electron chi connectivity index (χ3n) is 4.57. The second kappa shape index (κ2) is 7.51. The summed E-state index contributed by atoms with van der Waals surface area (Å²) in [6, 6.07) is 16.8. The molecule has 0 unspecified atom stereocenters. The zero-order valence-corrected chi connectivity index (χ0v) is 15.4. The van der Waals surface area contributed by atoms with Gasteiger partial charge in [-0.1, -0.05) is 30.3 Å². The number of rotatable bonds is 4. The van der Waals surface area contributed by atoms with E-state index in [0.29, 0.717) is 17.1 Å². The van der Waals surface area contributed by atoms with Gasteiger partial charge < -0.3 is 14.5 Å². The maximum Gasteiger partial charge on any atom is 0.335 e. The molecule has 4 rings (SSSR count). The van der Waals surface area contributed by atoms with Gasteiger partial charge in [-0.3, -0.25) is 14.9 Å². The topological polar surface area (TPSA) is 112 Å². The van der Waals surface area contributed by atoms with Crippen molar-refractivity contribution in [2.75, 3.05) is 4.90 Å². The van der Waals surface area contributed by atoms with Crippen LogP contribution in [-0.4, -0.2) is 28.4 Å². The van der Waals surface area contributed by atoms with E-state index >= 15 is 0 Å². The third kappa shape index (κ3) is 3.37. The average Bonchev–Trinajstić information content (AvgIpc) is 3.20. The Morgan fingerprint density at radius 2 is 1.57 bits per heavy atom. The van der Waals surface area contributed by atoms with E-state index in [2.05, 4.69) is 5.32 Å². The van der Waals surface area contributed by atoms with Crippen molar-refractivity contribution in [2.45, 2.75) is 0 Å². The summed E-state index contributed by atoms with van der Waals surface area (Å²) in [5.74, 6) is -2.82. The van der Waals surface area contributed by atoms with Crippen LogP contribution in [0.2, 0.25) is 0 Å². The van der Waals surface area contributed by atoms with E-state index < -0.39 is 23.8 Å². The molecule has 3 aromatic rings. The van der Waals surface area contributed by atoms with Crippen molar-refractivity contribution in [1.82, 2.24) is 9.88 Å². The molecule has 0 saturated carbocycles. The lowest BCUT2D eigenvalue weighted by Gasteiger charge is -2.26. The van der Waals surface area contributed by atoms with Gasteiger partial charge in [-0.05, 0) is 48.0 Å². The highest BCUT2D eigenvalue weighted by Gasteiger charge is 2.36. The lowest BCUT2D eigenvalue weighted by molar-refractivity contribution is -0.255. The highest BCUT2D eigenvalue weighted by Crippen LogP contribution is 2.23. The summed E-state index contributed by atoms with van der Waals surface area (Å²) >= 11 is 0. The average molecular weight is 400 g/mol. The summed E-state index contributed by atoms with van der Waals surface area (Å²) in [6.07, 6.45) is 3.08. The van der Waals surface area contributed by atoms with Gasteiger partial charge in [0.2, 0.25) is 0 Å². The van der Waals surface area contributed by atoms with Crippen molar-refractivity contribution in [1.29, 1.82) is 0 Å². The zero-order chi connectivity index (χ0) is 21.3. The number of barbiturate groups is 1. The number of nitrogens with zero attached hydrogens (tertiary/aromatic N) is 2. The number of nitrogens with one attached hydrogen (secondary N) is 1. The van der Waals surface area contributed by atoms with Crippen molar-refractivity contribution in [2.24, 2.45) is 0 Å². The Morgan fingerprint density at radius 1 is 0.867 bits per heavy atom. The summed E-state index contributed by atoms with van der Waals surface area (Å²) in [7, 11) is 0. The number of aromatic carboxylic acids is 1. The minimum atomic E-state index is -1.29. The molecule has 2 aromatic carbocycles. The Balaban J connectivity index is 1.72. The number of aromatic nitrogens is 1. The number of imide groups is 2. The number of hydrogen-bond acceptors (Lipinski definition) is 5. The van der Waals surface area contributed by atoms with Crippen LogP contribution >= 0.6 is 0 Å². The van der Waals surface area contributed by atoms with Crippen LogP contribution in [0.1, 0.15) is 16.1 Å². The van der Waals surface area contributed by atoms with Crippen molar-refractivity contribution in [3.63, 3.8) is 0 Å². The number of benzene rings is 2. The number of carboxylic acids is 1. The number of carboxylic acid groups (broad SMARTS) is 1.